The summed E-state index contributed by atoms with van der Waals surface area (Å²) in [4.78, 5) is 55.1. The Balaban J connectivity index is 1.31. The lowest BCUT2D eigenvalue weighted by Crippen LogP contribution is -2.59. The van der Waals surface area contributed by atoms with Crippen LogP contribution < -0.4 is 5.32 Å². The Morgan fingerprint density at radius 3 is 2.29 bits per heavy atom. The lowest BCUT2D eigenvalue weighted by atomic mass is 10.0. The number of nitrogens with one attached hydrogen (secondary N) is 1. The maximum atomic E-state index is 12.8. The Morgan fingerprint density at radius 1 is 0.912 bits per heavy atom. The second-order valence-corrected chi connectivity index (χ2v) is 8.40. The smallest absolute Gasteiger partial charge is 0.339 e. The molecular formula is C25H28N4O5. The molecule has 0 unspecified atom stereocenters. The van der Waals surface area contributed by atoms with Gasteiger partial charge >= 0.3 is 23.8 Å². The van der Waals surface area contributed by atoms with Crippen LogP contribution in [0.5, 0.6) is 0 Å². The molecule has 2 aromatic carbocycles. The van der Waals surface area contributed by atoms with Crippen LogP contribution in [0, 0.1) is 0 Å². The first kappa shape index (κ1) is 23.3. The molecule has 2 saturated heterocycles. The summed E-state index contributed by atoms with van der Waals surface area (Å²) in [5.74, 6) is -1.48. The van der Waals surface area contributed by atoms with E-state index in [9.17, 15) is 19.2 Å². The van der Waals surface area contributed by atoms with Gasteiger partial charge in [0.25, 0.3) is 0 Å². The zero-order chi connectivity index (χ0) is 24.1. The number of hydrogen-bond donors (Lipinski definition) is 1. The summed E-state index contributed by atoms with van der Waals surface area (Å²) in [7, 11) is 1.29. The third-order valence-corrected chi connectivity index (χ3v) is 6.32. The van der Waals surface area contributed by atoms with Crippen LogP contribution in [0.1, 0.15) is 28.8 Å². The van der Waals surface area contributed by atoms with E-state index in [-0.39, 0.29) is 17.6 Å². The average molecular weight is 465 g/mol. The average Bonchev–Trinajstić information content (AvgIpc) is 2.87. The number of amides is 4. The number of rotatable bonds is 5. The van der Waals surface area contributed by atoms with Crippen LogP contribution in [-0.4, -0.2) is 77.8 Å². The fourth-order valence-electron chi connectivity index (χ4n) is 4.45. The second kappa shape index (κ2) is 10.4. The fourth-order valence-corrected chi connectivity index (χ4v) is 4.45. The fraction of sp³-hybridized carbons (Fsp3) is 0.360. The molecule has 4 amide bonds. The number of carbonyl (C=O) groups excluding carboxylic acids is 4. The van der Waals surface area contributed by atoms with Gasteiger partial charge in [-0.2, -0.15) is 0 Å². The van der Waals surface area contributed by atoms with E-state index in [1.807, 2.05) is 30.3 Å². The summed E-state index contributed by atoms with van der Waals surface area (Å²) >= 11 is 0. The van der Waals surface area contributed by atoms with Crippen molar-refractivity contribution in [2.45, 2.75) is 25.4 Å². The Labute approximate surface area is 198 Å². The van der Waals surface area contributed by atoms with Crippen LogP contribution in [-0.2, 0) is 20.9 Å². The highest BCUT2D eigenvalue weighted by Gasteiger charge is 2.38. The third kappa shape index (κ3) is 5.03. The molecule has 2 aromatic rings. The highest BCUT2D eigenvalue weighted by Crippen LogP contribution is 2.22. The zero-order valence-electron chi connectivity index (χ0n) is 19.1. The van der Waals surface area contributed by atoms with Gasteiger partial charge < -0.3 is 24.8 Å². The van der Waals surface area contributed by atoms with E-state index in [0.29, 0.717) is 51.3 Å². The number of para-hydroxylation sites is 1. The van der Waals surface area contributed by atoms with Gasteiger partial charge in [0.05, 0.1) is 18.4 Å². The molecule has 0 aromatic heterocycles. The minimum Gasteiger partial charge on any atom is -0.465 e. The Kier molecular flexibility index (Phi) is 7.10. The minimum absolute atomic E-state index is 0.0817. The molecule has 2 aliphatic heterocycles. The van der Waals surface area contributed by atoms with Gasteiger partial charge in [0.2, 0.25) is 0 Å². The number of piperazine rings is 1. The van der Waals surface area contributed by atoms with Crippen molar-refractivity contribution in [2.75, 3.05) is 38.6 Å². The van der Waals surface area contributed by atoms with Crippen molar-refractivity contribution in [3.63, 3.8) is 0 Å². The molecule has 0 atom stereocenters. The summed E-state index contributed by atoms with van der Waals surface area (Å²) in [5.41, 5.74) is 1.66. The van der Waals surface area contributed by atoms with E-state index >= 15 is 0 Å². The van der Waals surface area contributed by atoms with Crippen LogP contribution in [0.25, 0.3) is 0 Å². The van der Waals surface area contributed by atoms with E-state index in [4.69, 9.17) is 4.74 Å². The summed E-state index contributed by atoms with van der Waals surface area (Å²) in [6.45, 7) is 2.29. The first-order chi connectivity index (χ1) is 16.5. The monoisotopic (exact) mass is 464 g/mol. The lowest BCUT2D eigenvalue weighted by Gasteiger charge is -2.42. The topological polar surface area (TPSA) is 99.3 Å². The van der Waals surface area contributed by atoms with E-state index < -0.39 is 17.8 Å². The maximum absolute atomic E-state index is 12.8. The van der Waals surface area contributed by atoms with Crippen LogP contribution in [0.2, 0.25) is 0 Å². The molecule has 0 saturated carbocycles. The number of urea groups is 1. The molecule has 1 N–H and O–H groups in total. The highest BCUT2D eigenvalue weighted by atomic mass is 16.5. The minimum atomic E-state index is -0.524. The summed E-state index contributed by atoms with van der Waals surface area (Å²) in [5, 5.41) is 2.78. The van der Waals surface area contributed by atoms with Crippen molar-refractivity contribution in [3.8, 4) is 0 Å². The highest BCUT2D eigenvalue weighted by molar-refractivity contribution is 6.35. The summed E-state index contributed by atoms with van der Waals surface area (Å²) in [6, 6.07) is 15.9. The molecule has 9 heteroatoms. The van der Waals surface area contributed by atoms with Gasteiger partial charge in [-0.25, -0.2) is 9.59 Å². The predicted octanol–water partition coefficient (Wildman–Crippen LogP) is 2.34. The van der Waals surface area contributed by atoms with E-state index in [0.717, 1.165) is 5.56 Å². The van der Waals surface area contributed by atoms with Crippen molar-refractivity contribution in [2.24, 2.45) is 0 Å². The number of esters is 1. The molecule has 2 fully saturated rings. The van der Waals surface area contributed by atoms with Gasteiger partial charge in [-0.05, 0) is 30.5 Å². The molecule has 4 rings (SSSR count). The molecule has 2 heterocycles. The quantitative estimate of drug-likeness (QED) is 0.541. The van der Waals surface area contributed by atoms with Crippen molar-refractivity contribution >= 4 is 29.5 Å². The van der Waals surface area contributed by atoms with Gasteiger partial charge in [0, 0.05) is 38.8 Å². The molecule has 34 heavy (non-hydrogen) atoms. The molecule has 2 aliphatic rings. The number of piperidine rings is 1. The SMILES string of the molecule is COC(=O)c1ccccc1NC(=O)N1CCC(N2CCN(Cc3ccccc3)C(=O)C2=O)CC1. The predicted molar refractivity (Wildman–Crippen MR) is 125 cm³/mol. The van der Waals surface area contributed by atoms with Crippen molar-refractivity contribution in [3.05, 3.63) is 65.7 Å². The van der Waals surface area contributed by atoms with Gasteiger partial charge in [0.15, 0.2) is 0 Å². The number of carbonyl (C=O) groups is 4. The van der Waals surface area contributed by atoms with Crippen molar-refractivity contribution < 1.29 is 23.9 Å². The standard InChI is InChI=1S/C25H28N4O5/c1-34-24(32)20-9-5-6-10-21(20)26-25(33)27-13-11-19(12-14-27)29-16-15-28(22(30)23(29)31)17-18-7-3-2-4-8-18/h2-10,19H,11-17H2,1H3,(H,26,33). The van der Waals surface area contributed by atoms with E-state index in [1.54, 1.807) is 39.0 Å². The van der Waals surface area contributed by atoms with E-state index in [2.05, 4.69) is 5.32 Å². The Hall–Kier alpha value is -3.88. The molecule has 0 radical (unpaired) electrons. The number of anilines is 1. The third-order valence-electron chi connectivity index (χ3n) is 6.32. The van der Waals surface area contributed by atoms with Crippen LogP contribution in [0.4, 0.5) is 10.5 Å². The number of methoxy groups -OCH3 is 1. The largest absolute Gasteiger partial charge is 0.465 e. The first-order valence-corrected chi connectivity index (χ1v) is 11.3. The Morgan fingerprint density at radius 2 is 1.59 bits per heavy atom. The van der Waals surface area contributed by atoms with Gasteiger partial charge in [-0.15, -0.1) is 0 Å². The van der Waals surface area contributed by atoms with Gasteiger partial charge in [-0.3, -0.25) is 9.59 Å². The molecule has 0 bridgehead atoms. The lowest BCUT2D eigenvalue weighted by molar-refractivity contribution is -0.158. The number of nitrogens with zero attached hydrogens (tertiary/aromatic N) is 3. The Bertz CT molecular complexity index is 1070. The van der Waals surface area contributed by atoms with Gasteiger partial charge in [0.1, 0.15) is 0 Å². The molecule has 9 nitrogen and oxygen atoms in total. The number of likely N-dealkylation sites (tertiary alicyclic amines) is 1. The molecule has 178 valence electrons. The molecular weight excluding hydrogens is 436 g/mol. The van der Waals surface area contributed by atoms with Crippen LogP contribution >= 0.6 is 0 Å². The first-order valence-electron chi connectivity index (χ1n) is 11.3. The maximum Gasteiger partial charge on any atom is 0.339 e. The van der Waals surface area contributed by atoms with Crippen molar-refractivity contribution in [1.82, 2.24) is 14.7 Å². The van der Waals surface area contributed by atoms with E-state index in [1.165, 1.54) is 7.11 Å². The van der Waals surface area contributed by atoms with Crippen LogP contribution in [0.3, 0.4) is 0 Å². The normalized spacial score (nSPS) is 17.0. The summed E-state index contributed by atoms with van der Waals surface area (Å²) < 4.78 is 4.77. The molecule has 0 spiro atoms. The van der Waals surface area contributed by atoms with Crippen molar-refractivity contribution in [1.29, 1.82) is 0 Å². The number of hydrogen-bond acceptors (Lipinski definition) is 5. The van der Waals surface area contributed by atoms with Crippen LogP contribution in [0.15, 0.2) is 54.6 Å². The zero-order valence-corrected chi connectivity index (χ0v) is 19.1. The van der Waals surface area contributed by atoms with Gasteiger partial charge in [-0.1, -0.05) is 42.5 Å². The number of ether oxygens (including phenoxy) is 1. The second-order valence-electron chi connectivity index (χ2n) is 8.40. The molecule has 0 aliphatic carbocycles. The number of benzene rings is 2. The summed E-state index contributed by atoms with van der Waals surface area (Å²) in [6.07, 6.45) is 1.17.